The Morgan fingerprint density at radius 2 is 1.73 bits per heavy atom. The van der Waals surface area contributed by atoms with Gasteiger partial charge in [0.1, 0.15) is 6.10 Å². The minimum atomic E-state index is -3.46. The van der Waals surface area contributed by atoms with E-state index in [1.54, 1.807) is 42.5 Å². The van der Waals surface area contributed by atoms with E-state index in [-0.39, 0.29) is 23.8 Å². The number of ether oxygens (including phenoxy) is 1. The molecule has 2 aliphatic heterocycles. The largest absolute Gasteiger partial charge is 0.453 e. The third-order valence-electron chi connectivity index (χ3n) is 5.51. The fourth-order valence-corrected chi connectivity index (χ4v) is 5.36. The van der Waals surface area contributed by atoms with Crippen LogP contribution in [-0.2, 0) is 26.1 Å². The molecule has 2 aromatic rings. The van der Waals surface area contributed by atoms with Gasteiger partial charge < -0.3 is 10.1 Å². The molecule has 0 radical (unpaired) electrons. The Hall–Kier alpha value is -2.71. The fourth-order valence-electron chi connectivity index (χ4n) is 3.85. The number of nitrogens with zero attached hydrogens (tertiary/aromatic N) is 1. The van der Waals surface area contributed by atoms with Gasteiger partial charge in [0, 0.05) is 25.2 Å². The van der Waals surface area contributed by atoms with Crippen molar-refractivity contribution in [3.05, 3.63) is 65.2 Å². The normalized spacial score (nSPS) is 19.2. The van der Waals surface area contributed by atoms with E-state index < -0.39 is 22.1 Å². The van der Waals surface area contributed by atoms with E-state index >= 15 is 0 Å². The second kappa shape index (κ2) is 8.57. The van der Waals surface area contributed by atoms with Gasteiger partial charge >= 0.3 is 5.97 Å². The maximum Gasteiger partial charge on any atom is 0.339 e. The minimum absolute atomic E-state index is 0.0458. The van der Waals surface area contributed by atoms with Gasteiger partial charge in [0.25, 0.3) is 0 Å². The quantitative estimate of drug-likeness (QED) is 0.714. The van der Waals surface area contributed by atoms with E-state index in [2.05, 4.69) is 5.32 Å². The van der Waals surface area contributed by atoms with Crippen molar-refractivity contribution >= 4 is 21.9 Å². The fraction of sp³-hybridized carbons (Fsp3) is 0.364. The molecule has 0 aromatic heterocycles. The predicted molar refractivity (Wildman–Crippen MR) is 110 cm³/mol. The monoisotopic (exact) mass is 428 g/mol. The standard InChI is InChI=1S/C22H24N2O5S/c25-21(14-20-18-6-2-3-7-19(18)22(26)29-20)23-15-16-8-10-17(11-9-16)30(27,28)24-12-4-1-5-13-24/h2-3,6-11,20H,1,4-5,12-15H2,(H,23,25)/t20-/m1/s1. The number of carbonyl (C=O) groups is 2. The average Bonchev–Trinajstić information content (AvgIpc) is 3.09. The molecule has 2 aromatic carbocycles. The highest BCUT2D eigenvalue weighted by Gasteiger charge is 2.32. The maximum absolute atomic E-state index is 12.7. The lowest BCUT2D eigenvalue weighted by atomic mass is 10.0. The molecule has 1 amide bonds. The van der Waals surface area contributed by atoms with Crippen molar-refractivity contribution in [2.45, 2.75) is 43.2 Å². The Morgan fingerprint density at radius 3 is 2.47 bits per heavy atom. The van der Waals surface area contributed by atoms with Gasteiger partial charge in [-0.1, -0.05) is 36.8 Å². The number of sulfonamides is 1. The van der Waals surface area contributed by atoms with Crippen molar-refractivity contribution in [2.24, 2.45) is 0 Å². The number of carbonyl (C=O) groups excluding carboxylic acids is 2. The number of amides is 1. The third-order valence-corrected chi connectivity index (χ3v) is 7.43. The first kappa shape index (κ1) is 20.6. The van der Waals surface area contributed by atoms with Crippen molar-refractivity contribution in [2.75, 3.05) is 13.1 Å². The lowest BCUT2D eigenvalue weighted by molar-refractivity contribution is -0.123. The van der Waals surface area contributed by atoms with Gasteiger partial charge in [0.15, 0.2) is 0 Å². The average molecular weight is 429 g/mol. The summed E-state index contributed by atoms with van der Waals surface area (Å²) < 4.78 is 32.2. The minimum Gasteiger partial charge on any atom is -0.453 e. The molecule has 8 heteroatoms. The number of hydrogen-bond acceptors (Lipinski definition) is 5. The van der Waals surface area contributed by atoms with Gasteiger partial charge in [-0.3, -0.25) is 4.79 Å². The number of hydrogen-bond donors (Lipinski definition) is 1. The molecule has 2 heterocycles. The van der Waals surface area contributed by atoms with Crippen molar-refractivity contribution in [3.8, 4) is 0 Å². The first-order valence-corrected chi connectivity index (χ1v) is 11.5. The van der Waals surface area contributed by atoms with E-state index in [1.165, 1.54) is 4.31 Å². The molecular weight excluding hydrogens is 404 g/mol. The first-order chi connectivity index (χ1) is 14.4. The Labute approximate surface area is 176 Å². The summed E-state index contributed by atoms with van der Waals surface area (Å²) in [5.74, 6) is -0.650. The number of cyclic esters (lactones) is 1. The summed E-state index contributed by atoms with van der Waals surface area (Å²) in [5, 5.41) is 2.80. The van der Waals surface area contributed by atoms with Crippen LogP contribution < -0.4 is 5.32 Å². The number of nitrogens with one attached hydrogen (secondary N) is 1. The maximum atomic E-state index is 12.7. The molecule has 1 fully saturated rings. The van der Waals surface area contributed by atoms with Crippen LogP contribution in [0.15, 0.2) is 53.4 Å². The van der Waals surface area contributed by atoms with Crippen LogP contribution in [0.25, 0.3) is 0 Å². The molecule has 30 heavy (non-hydrogen) atoms. The van der Waals surface area contributed by atoms with Gasteiger partial charge in [0.05, 0.1) is 16.9 Å². The van der Waals surface area contributed by atoms with E-state index in [0.717, 1.165) is 30.4 Å². The highest BCUT2D eigenvalue weighted by atomic mass is 32.2. The molecule has 0 unspecified atom stereocenters. The molecular formula is C22H24N2O5S. The van der Waals surface area contributed by atoms with E-state index in [0.29, 0.717) is 18.7 Å². The summed E-state index contributed by atoms with van der Waals surface area (Å²) in [6, 6.07) is 13.6. The topological polar surface area (TPSA) is 92.8 Å². The highest BCUT2D eigenvalue weighted by Crippen LogP contribution is 2.32. The van der Waals surface area contributed by atoms with Crippen LogP contribution in [0, 0.1) is 0 Å². The molecule has 0 aliphatic carbocycles. The molecule has 0 bridgehead atoms. The van der Waals surface area contributed by atoms with Crippen LogP contribution in [0.5, 0.6) is 0 Å². The SMILES string of the molecule is O=C(C[C@H]1OC(=O)c2ccccc21)NCc1ccc(S(=O)(=O)N2CCCCC2)cc1. The molecule has 158 valence electrons. The van der Waals surface area contributed by atoms with Crippen LogP contribution in [-0.4, -0.2) is 37.7 Å². The van der Waals surface area contributed by atoms with Gasteiger partial charge in [-0.05, 0) is 36.6 Å². The van der Waals surface area contributed by atoms with Crippen molar-refractivity contribution in [1.82, 2.24) is 9.62 Å². The Kier molecular flexibility index (Phi) is 5.87. The summed E-state index contributed by atoms with van der Waals surface area (Å²) >= 11 is 0. The highest BCUT2D eigenvalue weighted by molar-refractivity contribution is 7.89. The number of piperidine rings is 1. The van der Waals surface area contributed by atoms with Gasteiger partial charge in [-0.25, -0.2) is 13.2 Å². The van der Waals surface area contributed by atoms with Gasteiger partial charge in [-0.2, -0.15) is 4.31 Å². The van der Waals surface area contributed by atoms with E-state index in [4.69, 9.17) is 4.74 Å². The molecule has 0 saturated carbocycles. The second-order valence-electron chi connectivity index (χ2n) is 7.57. The smallest absolute Gasteiger partial charge is 0.339 e. The van der Waals surface area contributed by atoms with Gasteiger partial charge in [0.2, 0.25) is 15.9 Å². The lowest BCUT2D eigenvalue weighted by Gasteiger charge is -2.25. The van der Waals surface area contributed by atoms with Crippen LogP contribution >= 0.6 is 0 Å². The molecule has 0 spiro atoms. The number of esters is 1. The molecule has 1 saturated heterocycles. The number of benzene rings is 2. The molecule has 7 nitrogen and oxygen atoms in total. The lowest BCUT2D eigenvalue weighted by Crippen LogP contribution is -2.35. The van der Waals surface area contributed by atoms with Crippen LogP contribution in [0.3, 0.4) is 0 Å². The number of fused-ring (bicyclic) bond motifs is 1. The van der Waals surface area contributed by atoms with E-state index in [9.17, 15) is 18.0 Å². The number of rotatable bonds is 6. The molecule has 4 rings (SSSR count). The second-order valence-corrected chi connectivity index (χ2v) is 9.51. The molecule has 2 aliphatic rings. The van der Waals surface area contributed by atoms with Crippen LogP contribution in [0.2, 0.25) is 0 Å². The summed E-state index contributed by atoms with van der Waals surface area (Å²) in [5.41, 5.74) is 2.02. The summed E-state index contributed by atoms with van der Waals surface area (Å²) in [6.07, 6.45) is 2.32. The molecule has 1 atom stereocenters. The van der Waals surface area contributed by atoms with Gasteiger partial charge in [-0.15, -0.1) is 0 Å². The Morgan fingerprint density at radius 1 is 1.03 bits per heavy atom. The first-order valence-electron chi connectivity index (χ1n) is 10.1. The zero-order valence-corrected chi connectivity index (χ0v) is 17.4. The predicted octanol–water partition coefficient (Wildman–Crippen LogP) is 2.78. The van der Waals surface area contributed by atoms with Crippen LogP contribution in [0.1, 0.15) is 53.3 Å². The molecule has 1 N–H and O–H groups in total. The summed E-state index contributed by atoms with van der Waals surface area (Å²) in [4.78, 5) is 24.4. The zero-order valence-electron chi connectivity index (χ0n) is 16.5. The van der Waals surface area contributed by atoms with Crippen molar-refractivity contribution in [3.63, 3.8) is 0 Å². The van der Waals surface area contributed by atoms with Crippen molar-refractivity contribution in [1.29, 1.82) is 0 Å². The van der Waals surface area contributed by atoms with E-state index in [1.807, 2.05) is 6.07 Å². The Balaban J connectivity index is 1.33. The van der Waals surface area contributed by atoms with Crippen molar-refractivity contribution < 1.29 is 22.7 Å². The summed E-state index contributed by atoms with van der Waals surface area (Å²) in [7, 11) is -3.46. The summed E-state index contributed by atoms with van der Waals surface area (Å²) in [6.45, 7) is 1.40. The Bertz CT molecular complexity index is 1040. The third kappa shape index (κ3) is 4.24. The van der Waals surface area contributed by atoms with Crippen LogP contribution in [0.4, 0.5) is 0 Å². The zero-order chi connectivity index (χ0) is 21.1.